The zero-order chi connectivity index (χ0) is 15.4. The molecule has 1 nitrogen and oxygen atoms in total. The van der Waals surface area contributed by atoms with Gasteiger partial charge in [-0.2, -0.15) is 0 Å². The normalized spacial score (nSPS) is 11.5. The fraction of sp³-hybridized carbons (Fsp3) is 0.900. The van der Waals surface area contributed by atoms with Crippen LogP contribution in [-0.4, -0.2) is 11.7 Å². The van der Waals surface area contributed by atoms with Gasteiger partial charge in [0.2, 0.25) is 0 Å². The number of rotatable bonds is 17. The van der Waals surface area contributed by atoms with E-state index in [0.29, 0.717) is 6.61 Å². The van der Waals surface area contributed by atoms with Crippen LogP contribution in [0.1, 0.15) is 110 Å². The number of aliphatic hydroxyl groups excluding tert-OH is 1. The lowest BCUT2D eigenvalue weighted by Crippen LogP contribution is -1.83. The molecule has 1 N–H and O–H groups in total. The van der Waals surface area contributed by atoms with Gasteiger partial charge in [0.05, 0.1) is 0 Å². The maximum atomic E-state index is 8.68. The maximum absolute atomic E-state index is 8.68. The second kappa shape index (κ2) is 19.7. The summed E-state index contributed by atoms with van der Waals surface area (Å²) in [6.07, 6.45) is 26.2. The van der Waals surface area contributed by atoms with Crippen molar-refractivity contribution in [2.75, 3.05) is 6.61 Å². The molecule has 126 valence electrons. The summed E-state index contributed by atoms with van der Waals surface area (Å²) in [7, 11) is 0. The van der Waals surface area contributed by atoms with E-state index in [9.17, 15) is 0 Å². The van der Waals surface area contributed by atoms with Gasteiger partial charge in [0.15, 0.2) is 0 Å². The fourth-order valence-electron chi connectivity index (χ4n) is 2.71. The van der Waals surface area contributed by atoms with Crippen molar-refractivity contribution in [2.45, 2.75) is 110 Å². The zero-order valence-electron chi connectivity index (χ0n) is 14.6. The van der Waals surface area contributed by atoms with Gasteiger partial charge in [-0.1, -0.05) is 89.7 Å². The molecule has 0 unspecified atom stereocenters. The molecule has 0 aromatic heterocycles. The highest BCUT2D eigenvalue weighted by atomic mass is 16.2. The summed E-state index contributed by atoms with van der Waals surface area (Å²) in [6.45, 7) is 2.64. The number of aliphatic hydroxyl groups is 1. The third-order valence-corrected chi connectivity index (χ3v) is 4.17. The van der Waals surface area contributed by atoms with E-state index in [1.165, 1.54) is 96.3 Å². The molecule has 0 bridgehead atoms. The van der Waals surface area contributed by atoms with Crippen LogP contribution in [0.3, 0.4) is 0 Å². The van der Waals surface area contributed by atoms with Gasteiger partial charge in [-0.25, -0.2) is 0 Å². The molecule has 0 atom stereocenters. The highest BCUT2D eigenvalue weighted by molar-refractivity contribution is 4.81. The first kappa shape index (κ1) is 20.7. The average molecular weight is 297 g/mol. The molecular formula is C20H40O. The Morgan fingerprint density at radius 3 is 1.33 bits per heavy atom. The topological polar surface area (TPSA) is 20.2 Å². The van der Waals surface area contributed by atoms with Crippen LogP contribution in [0.25, 0.3) is 0 Å². The smallest absolute Gasteiger partial charge is 0.0431 e. The average Bonchev–Trinajstić information content (AvgIpc) is 2.50. The van der Waals surface area contributed by atoms with E-state index in [2.05, 4.69) is 19.1 Å². The van der Waals surface area contributed by atoms with Crippen LogP contribution >= 0.6 is 0 Å². The van der Waals surface area contributed by atoms with Gasteiger partial charge in [0.25, 0.3) is 0 Å². The van der Waals surface area contributed by atoms with E-state index in [1.54, 1.807) is 0 Å². The van der Waals surface area contributed by atoms with Crippen LogP contribution in [0, 0.1) is 0 Å². The van der Waals surface area contributed by atoms with Crippen LogP contribution in [-0.2, 0) is 0 Å². The summed E-state index contributed by atoms with van der Waals surface area (Å²) in [5.74, 6) is 0. The second-order valence-electron chi connectivity index (χ2n) is 6.37. The first-order valence-corrected chi connectivity index (χ1v) is 9.67. The molecule has 0 saturated heterocycles. The van der Waals surface area contributed by atoms with Crippen molar-refractivity contribution < 1.29 is 5.11 Å². The Kier molecular flexibility index (Phi) is 19.4. The van der Waals surface area contributed by atoms with Crippen molar-refractivity contribution in [3.63, 3.8) is 0 Å². The van der Waals surface area contributed by atoms with E-state index >= 15 is 0 Å². The Morgan fingerprint density at radius 2 is 0.905 bits per heavy atom. The third-order valence-electron chi connectivity index (χ3n) is 4.17. The summed E-state index contributed by atoms with van der Waals surface area (Å²) in [4.78, 5) is 0. The minimum atomic E-state index is 0.363. The van der Waals surface area contributed by atoms with Gasteiger partial charge in [0.1, 0.15) is 0 Å². The van der Waals surface area contributed by atoms with Crippen molar-refractivity contribution >= 4 is 0 Å². The van der Waals surface area contributed by atoms with E-state index in [1.807, 2.05) is 0 Å². The van der Waals surface area contributed by atoms with Crippen LogP contribution in [0.2, 0.25) is 0 Å². The Bertz CT molecular complexity index is 198. The first-order valence-electron chi connectivity index (χ1n) is 9.67. The van der Waals surface area contributed by atoms with E-state index < -0.39 is 0 Å². The molecule has 0 fully saturated rings. The van der Waals surface area contributed by atoms with Gasteiger partial charge < -0.3 is 5.11 Å². The van der Waals surface area contributed by atoms with Crippen molar-refractivity contribution in [3.8, 4) is 0 Å². The monoisotopic (exact) mass is 296 g/mol. The molecular weight excluding hydrogens is 256 g/mol. The third kappa shape index (κ3) is 19.7. The number of allylic oxidation sites excluding steroid dienone is 2. The largest absolute Gasteiger partial charge is 0.396 e. The molecule has 0 aromatic rings. The van der Waals surface area contributed by atoms with Crippen LogP contribution in [0.15, 0.2) is 12.2 Å². The highest BCUT2D eigenvalue weighted by Gasteiger charge is 1.91. The molecule has 0 amide bonds. The molecule has 0 aromatic carbocycles. The molecule has 0 heterocycles. The molecule has 0 aliphatic carbocycles. The Hall–Kier alpha value is -0.300. The summed E-state index contributed by atoms with van der Waals surface area (Å²) in [6, 6.07) is 0. The van der Waals surface area contributed by atoms with Crippen molar-refractivity contribution in [2.24, 2.45) is 0 Å². The molecule has 21 heavy (non-hydrogen) atoms. The quantitative estimate of drug-likeness (QED) is 0.231. The van der Waals surface area contributed by atoms with E-state index in [0.717, 1.165) is 6.42 Å². The van der Waals surface area contributed by atoms with Gasteiger partial charge in [-0.15, -0.1) is 0 Å². The highest BCUT2D eigenvalue weighted by Crippen LogP contribution is 2.10. The summed E-state index contributed by atoms with van der Waals surface area (Å²) < 4.78 is 0. The van der Waals surface area contributed by atoms with Crippen molar-refractivity contribution in [1.29, 1.82) is 0 Å². The van der Waals surface area contributed by atoms with Gasteiger partial charge in [-0.3, -0.25) is 0 Å². The van der Waals surface area contributed by atoms with Crippen LogP contribution in [0.5, 0.6) is 0 Å². The molecule has 0 radical (unpaired) electrons. The zero-order valence-corrected chi connectivity index (χ0v) is 14.6. The fourth-order valence-corrected chi connectivity index (χ4v) is 2.71. The maximum Gasteiger partial charge on any atom is 0.0431 e. The standard InChI is InChI=1S/C20H40O/c1-2-3-4-5-6-7-8-9-10-11-12-13-14-15-16-17-18-19-20-21/h11-12,21H,2-10,13-20H2,1H3. The number of hydrogen-bond acceptors (Lipinski definition) is 1. The van der Waals surface area contributed by atoms with Crippen molar-refractivity contribution in [3.05, 3.63) is 12.2 Å². The van der Waals surface area contributed by atoms with Gasteiger partial charge in [-0.05, 0) is 32.1 Å². The molecule has 0 aliphatic rings. The summed E-state index contributed by atoms with van der Waals surface area (Å²) in [5.41, 5.74) is 0. The lowest BCUT2D eigenvalue weighted by atomic mass is 10.1. The number of hydrogen-bond donors (Lipinski definition) is 1. The lowest BCUT2D eigenvalue weighted by molar-refractivity contribution is 0.282. The molecule has 1 heteroatoms. The second-order valence-corrected chi connectivity index (χ2v) is 6.37. The molecule has 0 aliphatic heterocycles. The Morgan fingerprint density at radius 1 is 0.524 bits per heavy atom. The predicted molar refractivity (Wildman–Crippen MR) is 95.8 cm³/mol. The Labute approximate surface area is 134 Å². The van der Waals surface area contributed by atoms with E-state index in [4.69, 9.17) is 5.11 Å². The Balaban J connectivity index is 3.02. The SMILES string of the molecule is CCCCCCCCCCC=CCCCCCCCCO. The minimum absolute atomic E-state index is 0.363. The number of unbranched alkanes of at least 4 members (excludes halogenated alkanes) is 14. The lowest BCUT2D eigenvalue weighted by Gasteiger charge is -2.00. The van der Waals surface area contributed by atoms with E-state index in [-0.39, 0.29) is 0 Å². The summed E-state index contributed by atoms with van der Waals surface area (Å²) in [5, 5.41) is 8.68. The van der Waals surface area contributed by atoms with Gasteiger partial charge in [0, 0.05) is 6.61 Å². The molecule has 0 rings (SSSR count). The minimum Gasteiger partial charge on any atom is -0.396 e. The van der Waals surface area contributed by atoms with Gasteiger partial charge >= 0.3 is 0 Å². The summed E-state index contributed by atoms with van der Waals surface area (Å²) >= 11 is 0. The molecule has 0 spiro atoms. The first-order chi connectivity index (χ1) is 10.4. The van der Waals surface area contributed by atoms with Crippen LogP contribution < -0.4 is 0 Å². The van der Waals surface area contributed by atoms with Crippen LogP contribution in [0.4, 0.5) is 0 Å². The predicted octanol–water partition coefficient (Wildman–Crippen LogP) is 6.80. The molecule has 0 saturated carbocycles. The van der Waals surface area contributed by atoms with Crippen molar-refractivity contribution in [1.82, 2.24) is 0 Å².